The maximum atomic E-state index is 13.5. The maximum absolute atomic E-state index is 13.5. The van der Waals surface area contributed by atoms with Crippen LogP contribution in [0.15, 0.2) is 85.1 Å². The van der Waals surface area contributed by atoms with E-state index >= 15 is 0 Å². The number of hydrogen-bond donors (Lipinski definition) is 0. The predicted octanol–water partition coefficient (Wildman–Crippen LogP) is 6.32. The Hall–Kier alpha value is -4.43. The maximum Gasteiger partial charge on any atom is 0.235 e. The summed E-state index contributed by atoms with van der Waals surface area (Å²) in [5, 5.41) is 18.9. The van der Waals surface area contributed by atoms with Crippen molar-refractivity contribution in [3.8, 4) is 28.3 Å². The largest absolute Gasteiger partial charge is 0.240 e. The van der Waals surface area contributed by atoms with Crippen LogP contribution < -0.4 is 0 Å². The number of halogens is 1. The van der Waals surface area contributed by atoms with Crippen LogP contribution in [-0.2, 0) is 0 Å². The van der Waals surface area contributed by atoms with Gasteiger partial charge in [-0.1, -0.05) is 59.4 Å². The lowest BCUT2D eigenvalue weighted by Crippen LogP contribution is -1.94. The van der Waals surface area contributed by atoms with Crippen LogP contribution in [0.3, 0.4) is 0 Å². The average Bonchev–Trinajstić information content (AvgIpc) is 3.59. The molecular formula is C27H19FN6S. The van der Waals surface area contributed by atoms with Gasteiger partial charge in [-0.05, 0) is 55.5 Å². The van der Waals surface area contributed by atoms with Crippen LogP contribution in [-0.4, -0.2) is 29.6 Å². The smallest absolute Gasteiger partial charge is 0.235 e. The van der Waals surface area contributed by atoms with Gasteiger partial charge in [0.05, 0.1) is 11.4 Å². The molecule has 3 heterocycles. The lowest BCUT2D eigenvalue weighted by molar-refractivity contribution is 0.628. The quantitative estimate of drug-likeness (QED) is 0.291. The number of hydrogen-bond acceptors (Lipinski definition) is 5. The highest BCUT2D eigenvalue weighted by molar-refractivity contribution is 7.17. The molecule has 0 fully saturated rings. The van der Waals surface area contributed by atoms with Crippen LogP contribution in [0.5, 0.6) is 0 Å². The zero-order valence-corrected chi connectivity index (χ0v) is 19.5. The van der Waals surface area contributed by atoms with Gasteiger partial charge in [0.2, 0.25) is 4.96 Å². The minimum Gasteiger partial charge on any atom is -0.240 e. The molecule has 170 valence electrons. The lowest BCUT2D eigenvalue weighted by atomic mass is 10.1. The summed E-state index contributed by atoms with van der Waals surface area (Å²) >= 11 is 1.46. The molecule has 3 aromatic heterocycles. The summed E-state index contributed by atoms with van der Waals surface area (Å²) in [5.74, 6) is 0.428. The number of nitrogens with zero attached hydrogens (tertiary/aromatic N) is 6. The van der Waals surface area contributed by atoms with Crippen molar-refractivity contribution in [3.63, 3.8) is 0 Å². The lowest BCUT2D eigenvalue weighted by Gasteiger charge is -2.00. The van der Waals surface area contributed by atoms with E-state index in [1.807, 2.05) is 77.6 Å². The van der Waals surface area contributed by atoms with Crippen LogP contribution in [0.25, 0.3) is 45.4 Å². The van der Waals surface area contributed by atoms with E-state index in [9.17, 15) is 4.39 Å². The predicted molar refractivity (Wildman–Crippen MR) is 137 cm³/mol. The third kappa shape index (κ3) is 4.15. The van der Waals surface area contributed by atoms with Crippen LogP contribution >= 0.6 is 11.3 Å². The molecule has 0 aliphatic heterocycles. The van der Waals surface area contributed by atoms with E-state index in [1.165, 1.54) is 29.0 Å². The minimum atomic E-state index is -0.280. The molecule has 0 aliphatic carbocycles. The van der Waals surface area contributed by atoms with Crippen molar-refractivity contribution in [3.05, 3.63) is 107 Å². The topological polar surface area (TPSA) is 60.9 Å². The van der Waals surface area contributed by atoms with Gasteiger partial charge in [-0.2, -0.15) is 14.7 Å². The van der Waals surface area contributed by atoms with Crippen molar-refractivity contribution in [2.75, 3.05) is 0 Å². The van der Waals surface area contributed by atoms with Crippen molar-refractivity contribution in [2.45, 2.75) is 6.92 Å². The first-order chi connectivity index (χ1) is 17.1. The number of aryl methyl sites for hydroxylation is 1. The fourth-order valence-electron chi connectivity index (χ4n) is 3.80. The third-order valence-corrected chi connectivity index (χ3v) is 6.47. The van der Waals surface area contributed by atoms with Crippen LogP contribution in [0.1, 0.15) is 16.1 Å². The van der Waals surface area contributed by atoms with Crippen molar-refractivity contribution in [2.24, 2.45) is 0 Å². The molecule has 0 radical (unpaired) electrons. The molecule has 0 saturated carbocycles. The summed E-state index contributed by atoms with van der Waals surface area (Å²) in [6, 6.07) is 24.4. The molecule has 0 unspecified atom stereocenters. The summed E-state index contributed by atoms with van der Waals surface area (Å²) in [6.07, 6.45) is 5.88. The molecule has 6 nitrogen and oxygen atoms in total. The Morgan fingerprint density at radius 3 is 2.31 bits per heavy atom. The Morgan fingerprint density at radius 2 is 1.54 bits per heavy atom. The highest BCUT2D eigenvalue weighted by atomic mass is 32.1. The fraction of sp³-hybridized carbons (Fsp3) is 0.0370. The molecule has 0 atom stereocenters. The van der Waals surface area contributed by atoms with Gasteiger partial charge in [0, 0.05) is 22.9 Å². The molecule has 35 heavy (non-hydrogen) atoms. The second-order valence-electron chi connectivity index (χ2n) is 8.08. The summed E-state index contributed by atoms with van der Waals surface area (Å²) in [4.78, 5) is 0.721. The van der Waals surface area contributed by atoms with Gasteiger partial charge in [0.1, 0.15) is 10.8 Å². The molecule has 6 rings (SSSR count). The van der Waals surface area contributed by atoms with Gasteiger partial charge < -0.3 is 0 Å². The Balaban J connectivity index is 1.38. The normalized spacial score (nSPS) is 11.6. The molecule has 0 N–H and O–H groups in total. The van der Waals surface area contributed by atoms with E-state index in [2.05, 4.69) is 17.1 Å². The van der Waals surface area contributed by atoms with Gasteiger partial charge in [-0.3, -0.25) is 0 Å². The van der Waals surface area contributed by atoms with Crippen molar-refractivity contribution >= 4 is 28.4 Å². The molecule has 0 spiro atoms. The number of para-hydroxylation sites is 1. The van der Waals surface area contributed by atoms with E-state index in [0.717, 1.165) is 38.0 Å². The van der Waals surface area contributed by atoms with Gasteiger partial charge in [-0.25, -0.2) is 9.07 Å². The third-order valence-electron chi connectivity index (χ3n) is 5.60. The second-order valence-corrected chi connectivity index (χ2v) is 9.07. The van der Waals surface area contributed by atoms with Gasteiger partial charge in [0.25, 0.3) is 0 Å². The highest BCUT2D eigenvalue weighted by Crippen LogP contribution is 2.27. The Bertz CT molecular complexity index is 1640. The Labute approximate surface area is 204 Å². The highest BCUT2D eigenvalue weighted by Gasteiger charge is 2.14. The summed E-state index contributed by atoms with van der Waals surface area (Å²) < 4.78 is 17.1. The Kier molecular flexibility index (Phi) is 5.27. The number of benzene rings is 3. The first-order valence-corrected chi connectivity index (χ1v) is 11.8. The Morgan fingerprint density at radius 1 is 0.800 bits per heavy atom. The summed E-state index contributed by atoms with van der Waals surface area (Å²) in [6.45, 7) is 2.05. The van der Waals surface area contributed by atoms with Gasteiger partial charge >= 0.3 is 0 Å². The van der Waals surface area contributed by atoms with Crippen LogP contribution in [0, 0.1) is 12.7 Å². The number of fused-ring (bicyclic) bond motifs is 1. The van der Waals surface area contributed by atoms with E-state index in [-0.39, 0.29) is 5.82 Å². The van der Waals surface area contributed by atoms with E-state index in [0.29, 0.717) is 5.82 Å². The van der Waals surface area contributed by atoms with Gasteiger partial charge in [-0.15, -0.1) is 10.2 Å². The SMILES string of the molecule is Cc1ccc(-c2nnc3sc(C=Cc4cn(-c5ccccc5)nc4-c4ccc(F)cc4)nn23)cc1. The standard InChI is InChI=1S/C27H19FN6S/c1-18-7-9-20(10-8-18)26-29-30-27-34(26)31-24(35-27)16-13-21-17-33(23-5-3-2-4-6-23)32-25(21)19-11-14-22(28)15-12-19/h2-17H,1H3. The second kappa shape index (κ2) is 8.73. The molecule has 0 aliphatic rings. The fourth-order valence-corrected chi connectivity index (χ4v) is 4.54. The van der Waals surface area contributed by atoms with Crippen LogP contribution in [0.4, 0.5) is 4.39 Å². The number of rotatable bonds is 5. The minimum absolute atomic E-state index is 0.280. The summed E-state index contributed by atoms with van der Waals surface area (Å²) in [5.41, 5.74) is 5.58. The van der Waals surface area contributed by atoms with Crippen molar-refractivity contribution in [1.29, 1.82) is 0 Å². The first kappa shape index (κ1) is 21.1. The molecule has 0 bridgehead atoms. The molecule has 8 heteroatoms. The van der Waals surface area contributed by atoms with E-state index < -0.39 is 0 Å². The molecule has 0 amide bonds. The van der Waals surface area contributed by atoms with E-state index in [1.54, 1.807) is 16.6 Å². The zero-order valence-electron chi connectivity index (χ0n) is 18.7. The number of aromatic nitrogens is 6. The zero-order chi connectivity index (χ0) is 23.8. The first-order valence-electron chi connectivity index (χ1n) is 11.0. The monoisotopic (exact) mass is 478 g/mol. The van der Waals surface area contributed by atoms with Crippen molar-refractivity contribution < 1.29 is 4.39 Å². The molecule has 3 aromatic carbocycles. The molecule has 6 aromatic rings. The molecular weight excluding hydrogens is 459 g/mol. The summed E-state index contributed by atoms with van der Waals surface area (Å²) in [7, 11) is 0. The average molecular weight is 479 g/mol. The van der Waals surface area contributed by atoms with E-state index in [4.69, 9.17) is 10.2 Å². The van der Waals surface area contributed by atoms with Crippen molar-refractivity contribution in [1.82, 2.24) is 29.6 Å². The van der Waals surface area contributed by atoms with Crippen LogP contribution in [0.2, 0.25) is 0 Å². The van der Waals surface area contributed by atoms with Gasteiger partial charge in [0.15, 0.2) is 5.82 Å². The molecule has 0 saturated heterocycles.